The normalized spacial score (nSPS) is 21.8. The zero-order valence-electron chi connectivity index (χ0n) is 22.7. The second kappa shape index (κ2) is 11.3. The molecule has 0 radical (unpaired) electrons. The number of halogens is 2. The molecule has 2 aliphatic heterocycles. The third kappa shape index (κ3) is 5.93. The Morgan fingerprint density at radius 1 is 1.05 bits per heavy atom. The molecule has 0 spiro atoms. The number of carbonyl (C=O) groups excluding carboxylic acids is 1. The molecular weight excluding hydrogens is 556 g/mol. The smallest absolute Gasteiger partial charge is 0.295 e. The minimum atomic E-state index is -3.69. The Kier molecular flexibility index (Phi) is 7.68. The van der Waals surface area contributed by atoms with Crippen molar-refractivity contribution in [1.29, 1.82) is 0 Å². The Bertz CT molecular complexity index is 1560. The molecule has 2 saturated heterocycles. The molecule has 4 heterocycles. The SMILES string of the molecule is CS(=O)(=O)c1cc(C2CCCOC2)ccc1Nc1cc(NC(=O)C2CC2)nc2c1nc(C(F)F)n2C1CCCCO1. The van der Waals surface area contributed by atoms with Gasteiger partial charge in [0.05, 0.1) is 22.9 Å². The van der Waals surface area contributed by atoms with E-state index in [2.05, 4.69) is 20.6 Å². The number of rotatable bonds is 8. The standard InChI is InChI=1S/C28H33F2N5O5S/c1-41(37,38)21-13-17(18-5-4-11-39-15-18)9-10-19(21)31-20-14-22(33-28(36)16-7-8-16)32-26-24(20)34-27(25(29)30)35(26)23-6-2-3-12-40-23/h9-10,13-14,16,18,23,25H,2-8,11-12,15H2,1H3,(H2,31,32,33,36). The number of nitrogens with zero attached hydrogens (tertiary/aromatic N) is 3. The van der Waals surface area contributed by atoms with E-state index >= 15 is 0 Å². The van der Waals surface area contributed by atoms with E-state index < -0.39 is 28.3 Å². The van der Waals surface area contributed by atoms with Crippen molar-refractivity contribution in [2.45, 2.75) is 68.4 Å². The molecule has 1 amide bonds. The molecule has 41 heavy (non-hydrogen) atoms. The van der Waals surface area contributed by atoms with Gasteiger partial charge >= 0.3 is 0 Å². The topological polar surface area (TPSA) is 124 Å². The largest absolute Gasteiger partial charge is 0.381 e. The van der Waals surface area contributed by atoms with Gasteiger partial charge in [0, 0.05) is 37.4 Å². The van der Waals surface area contributed by atoms with E-state index in [0.717, 1.165) is 50.3 Å². The van der Waals surface area contributed by atoms with Gasteiger partial charge in [-0.1, -0.05) is 6.07 Å². The quantitative estimate of drug-likeness (QED) is 0.355. The molecule has 3 aliphatic rings. The number of amides is 1. The van der Waals surface area contributed by atoms with Crippen molar-refractivity contribution < 1.29 is 31.5 Å². The molecule has 1 aromatic carbocycles. The van der Waals surface area contributed by atoms with Crippen molar-refractivity contribution >= 4 is 44.1 Å². The van der Waals surface area contributed by atoms with Crippen molar-refractivity contribution in [3.05, 3.63) is 35.7 Å². The number of sulfone groups is 1. The predicted molar refractivity (Wildman–Crippen MR) is 148 cm³/mol. The zero-order chi connectivity index (χ0) is 28.7. The lowest BCUT2D eigenvalue weighted by molar-refractivity contribution is -0.117. The van der Waals surface area contributed by atoms with Gasteiger partial charge in [-0.05, 0) is 62.6 Å². The molecule has 2 unspecified atom stereocenters. The van der Waals surface area contributed by atoms with Crippen molar-refractivity contribution in [1.82, 2.24) is 14.5 Å². The van der Waals surface area contributed by atoms with Gasteiger partial charge in [0.15, 0.2) is 21.3 Å². The molecule has 220 valence electrons. The van der Waals surface area contributed by atoms with Gasteiger partial charge in [0.1, 0.15) is 17.6 Å². The molecule has 2 aromatic heterocycles. The zero-order valence-corrected chi connectivity index (χ0v) is 23.6. The average Bonchev–Trinajstić information content (AvgIpc) is 3.74. The molecule has 10 nitrogen and oxygen atoms in total. The molecule has 2 atom stereocenters. The highest BCUT2D eigenvalue weighted by molar-refractivity contribution is 7.90. The fourth-order valence-electron chi connectivity index (χ4n) is 5.53. The molecular formula is C28H33F2N5O5S. The van der Waals surface area contributed by atoms with Crippen LogP contribution in [0.4, 0.5) is 26.0 Å². The van der Waals surface area contributed by atoms with Gasteiger partial charge in [-0.25, -0.2) is 27.2 Å². The van der Waals surface area contributed by atoms with Crippen molar-refractivity contribution in [3.63, 3.8) is 0 Å². The maximum absolute atomic E-state index is 14.3. The van der Waals surface area contributed by atoms with Crippen LogP contribution in [0.3, 0.4) is 0 Å². The first-order chi connectivity index (χ1) is 19.7. The van der Waals surface area contributed by atoms with Crippen LogP contribution in [-0.4, -0.2) is 54.9 Å². The minimum Gasteiger partial charge on any atom is -0.381 e. The van der Waals surface area contributed by atoms with Crippen LogP contribution < -0.4 is 10.6 Å². The summed E-state index contributed by atoms with van der Waals surface area (Å²) < 4.78 is 67.2. The molecule has 3 fully saturated rings. The van der Waals surface area contributed by atoms with Crippen molar-refractivity contribution in [2.24, 2.45) is 5.92 Å². The monoisotopic (exact) mass is 589 g/mol. The Morgan fingerprint density at radius 2 is 1.88 bits per heavy atom. The fraction of sp³-hybridized carbons (Fsp3) is 0.536. The van der Waals surface area contributed by atoms with Crippen molar-refractivity contribution in [3.8, 4) is 0 Å². The number of alkyl halides is 2. The number of pyridine rings is 1. The third-order valence-corrected chi connectivity index (χ3v) is 8.96. The first-order valence-corrected chi connectivity index (χ1v) is 15.9. The summed E-state index contributed by atoms with van der Waals surface area (Å²) in [4.78, 5) is 21.5. The average molecular weight is 590 g/mol. The number of hydrogen-bond acceptors (Lipinski definition) is 8. The second-order valence-electron chi connectivity index (χ2n) is 11.0. The molecule has 1 saturated carbocycles. The van der Waals surface area contributed by atoms with E-state index in [1.807, 2.05) is 6.07 Å². The third-order valence-electron chi connectivity index (χ3n) is 7.82. The Balaban J connectivity index is 1.47. The van der Waals surface area contributed by atoms with Gasteiger partial charge in [-0.15, -0.1) is 0 Å². The summed E-state index contributed by atoms with van der Waals surface area (Å²) in [6.45, 7) is 1.63. The lowest BCUT2D eigenvalue weighted by Crippen LogP contribution is -2.21. The van der Waals surface area contributed by atoms with Crippen LogP contribution in [0.5, 0.6) is 0 Å². The van der Waals surface area contributed by atoms with Crippen LogP contribution in [0.15, 0.2) is 29.2 Å². The minimum absolute atomic E-state index is 0.0678. The number of anilines is 3. The highest BCUT2D eigenvalue weighted by Gasteiger charge is 2.32. The lowest BCUT2D eigenvalue weighted by Gasteiger charge is -2.25. The summed E-state index contributed by atoms with van der Waals surface area (Å²) in [5.74, 6) is -0.571. The summed E-state index contributed by atoms with van der Waals surface area (Å²) in [6.07, 6.45) is 3.01. The fourth-order valence-corrected chi connectivity index (χ4v) is 6.40. The molecule has 13 heteroatoms. The van der Waals surface area contributed by atoms with Crippen molar-refractivity contribution in [2.75, 3.05) is 36.7 Å². The summed E-state index contributed by atoms with van der Waals surface area (Å²) in [5, 5.41) is 5.93. The Labute approximate surface area is 236 Å². The highest BCUT2D eigenvalue weighted by Crippen LogP contribution is 2.39. The highest BCUT2D eigenvalue weighted by atomic mass is 32.2. The molecule has 6 rings (SSSR count). The number of aromatic nitrogens is 3. The van der Waals surface area contributed by atoms with Crippen LogP contribution in [0.2, 0.25) is 0 Å². The lowest BCUT2D eigenvalue weighted by atomic mass is 9.93. The molecule has 2 N–H and O–H groups in total. The number of carbonyl (C=O) groups is 1. The van der Waals surface area contributed by atoms with Gasteiger partial charge in [0.2, 0.25) is 5.91 Å². The predicted octanol–water partition coefficient (Wildman–Crippen LogP) is 5.46. The number of nitrogens with one attached hydrogen (secondary N) is 2. The van der Waals surface area contributed by atoms with Gasteiger partial charge in [-0.2, -0.15) is 0 Å². The Hall–Kier alpha value is -3.16. The van der Waals surface area contributed by atoms with Gasteiger partial charge < -0.3 is 20.1 Å². The van der Waals surface area contributed by atoms with Crippen LogP contribution in [0.25, 0.3) is 11.2 Å². The molecule has 0 bridgehead atoms. The second-order valence-corrected chi connectivity index (χ2v) is 13.0. The van der Waals surface area contributed by atoms with E-state index in [1.165, 1.54) is 10.6 Å². The maximum atomic E-state index is 14.3. The van der Waals surface area contributed by atoms with E-state index in [4.69, 9.17) is 9.47 Å². The van der Waals surface area contributed by atoms with E-state index in [9.17, 15) is 22.0 Å². The van der Waals surface area contributed by atoms with E-state index in [-0.39, 0.29) is 51.0 Å². The first kappa shape index (κ1) is 28.0. The van der Waals surface area contributed by atoms with Crippen LogP contribution in [0, 0.1) is 5.92 Å². The van der Waals surface area contributed by atoms with E-state index in [1.54, 1.807) is 12.1 Å². The van der Waals surface area contributed by atoms with E-state index in [0.29, 0.717) is 26.2 Å². The van der Waals surface area contributed by atoms with Crippen LogP contribution in [-0.2, 0) is 24.1 Å². The number of fused-ring (bicyclic) bond motifs is 1. The number of imidazole rings is 1. The Morgan fingerprint density at radius 3 is 2.54 bits per heavy atom. The number of ether oxygens (including phenoxy) is 2. The summed E-state index contributed by atoms with van der Waals surface area (Å²) in [7, 11) is -3.69. The summed E-state index contributed by atoms with van der Waals surface area (Å²) in [5.41, 5.74) is 1.62. The maximum Gasteiger partial charge on any atom is 0.295 e. The van der Waals surface area contributed by atoms with Crippen LogP contribution in [0.1, 0.15) is 74.9 Å². The molecule has 1 aliphatic carbocycles. The summed E-state index contributed by atoms with van der Waals surface area (Å²) in [6, 6.07) is 6.67. The number of hydrogen-bond donors (Lipinski definition) is 2. The first-order valence-electron chi connectivity index (χ1n) is 14.0. The van der Waals surface area contributed by atoms with Gasteiger partial charge in [0.25, 0.3) is 6.43 Å². The van der Waals surface area contributed by atoms with Gasteiger partial charge in [-0.3, -0.25) is 9.36 Å². The summed E-state index contributed by atoms with van der Waals surface area (Å²) >= 11 is 0. The number of benzene rings is 1. The molecule has 3 aromatic rings. The van der Waals surface area contributed by atoms with Crippen LogP contribution >= 0.6 is 0 Å².